The Balaban J connectivity index is 1.38. The number of nitrogens with zero attached hydrogens (tertiary/aromatic N) is 1. The van der Waals surface area contributed by atoms with E-state index in [0.29, 0.717) is 17.2 Å². The largest absolute Gasteiger partial charge is 0.511 e. The van der Waals surface area contributed by atoms with Gasteiger partial charge in [-0.2, -0.15) is 0 Å². The van der Waals surface area contributed by atoms with Gasteiger partial charge in [0.05, 0.1) is 35.1 Å². The molecule has 31 heavy (non-hydrogen) atoms. The molecule has 2 bridgehead atoms. The Morgan fingerprint density at radius 2 is 1.87 bits per heavy atom. The second-order valence-corrected chi connectivity index (χ2v) is 8.58. The van der Waals surface area contributed by atoms with E-state index in [2.05, 4.69) is 11.9 Å². The van der Waals surface area contributed by atoms with Crippen molar-refractivity contribution in [2.75, 3.05) is 0 Å². The number of hydrogen-bond acceptors (Lipinski definition) is 5. The van der Waals surface area contributed by atoms with Gasteiger partial charge in [-0.25, -0.2) is 4.98 Å². The summed E-state index contributed by atoms with van der Waals surface area (Å²) in [6.07, 6.45) is 2.46. The molecule has 2 aliphatic heterocycles. The number of pyridine rings is 1. The Labute approximate surface area is 180 Å². The van der Waals surface area contributed by atoms with Crippen LogP contribution in [-0.2, 0) is 16.0 Å². The molecule has 1 aliphatic carbocycles. The van der Waals surface area contributed by atoms with Crippen molar-refractivity contribution in [1.82, 2.24) is 4.98 Å². The Morgan fingerprint density at radius 3 is 2.68 bits per heavy atom. The molecule has 5 nitrogen and oxygen atoms in total. The lowest BCUT2D eigenvalue weighted by Gasteiger charge is -2.19. The molecule has 3 heterocycles. The quantitative estimate of drug-likeness (QED) is 0.634. The molecular weight excluding hydrogens is 390 g/mol. The minimum absolute atomic E-state index is 0.00498. The summed E-state index contributed by atoms with van der Waals surface area (Å²) in [6.45, 7) is 2.05. The minimum atomic E-state index is -0.245. The Hall–Kier alpha value is -3.18. The number of allylic oxidation sites excluding steroid dienone is 1. The van der Waals surface area contributed by atoms with E-state index in [9.17, 15) is 9.90 Å². The normalized spacial score (nSPS) is 26.7. The zero-order chi connectivity index (χ0) is 21.1. The number of Topliss-reactive ketones (excluding diaryl/α,β-unsaturated/α-hetero) is 1. The van der Waals surface area contributed by atoms with Gasteiger partial charge in [0.2, 0.25) is 5.88 Å². The highest BCUT2D eigenvalue weighted by Gasteiger charge is 2.59. The van der Waals surface area contributed by atoms with Crippen LogP contribution in [0.25, 0.3) is 16.5 Å². The second-order valence-electron chi connectivity index (χ2n) is 8.58. The van der Waals surface area contributed by atoms with Crippen molar-refractivity contribution in [1.29, 1.82) is 0 Å². The summed E-state index contributed by atoms with van der Waals surface area (Å²) in [5.74, 6) is 0.846. The van der Waals surface area contributed by atoms with E-state index in [4.69, 9.17) is 9.47 Å². The van der Waals surface area contributed by atoms with E-state index < -0.39 is 0 Å². The number of rotatable bonds is 4. The fourth-order valence-electron chi connectivity index (χ4n) is 5.47. The van der Waals surface area contributed by atoms with Gasteiger partial charge in [0.15, 0.2) is 5.78 Å². The molecule has 4 atom stereocenters. The first kappa shape index (κ1) is 18.6. The molecule has 6 rings (SSSR count). The van der Waals surface area contributed by atoms with Crippen molar-refractivity contribution in [2.45, 2.75) is 38.4 Å². The molecule has 0 spiro atoms. The van der Waals surface area contributed by atoms with E-state index >= 15 is 0 Å². The van der Waals surface area contributed by atoms with E-state index in [1.807, 2.05) is 54.6 Å². The number of aliphatic hydroxyl groups excluding tert-OH is 1. The van der Waals surface area contributed by atoms with Crippen LogP contribution in [0.2, 0.25) is 0 Å². The molecule has 1 N–H and O–H groups in total. The topological polar surface area (TPSA) is 68.7 Å². The SMILES string of the molecule is CCc1ccc(Oc2ccc3ccccc3n2)cc1C1=C(O)[C@@H]2[C@H](C1=O)[C@H]1CC[C@@H]2O1. The number of carbonyl (C=O) groups is 1. The van der Waals surface area contributed by atoms with Crippen LogP contribution in [-0.4, -0.2) is 28.1 Å². The number of para-hydroxylation sites is 1. The highest BCUT2D eigenvalue weighted by molar-refractivity contribution is 6.25. The predicted octanol–water partition coefficient (Wildman–Crippen LogP) is 5.23. The Morgan fingerprint density at radius 1 is 1.06 bits per heavy atom. The van der Waals surface area contributed by atoms with Crippen molar-refractivity contribution in [3.8, 4) is 11.6 Å². The van der Waals surface area contributed by atoms with Crippen molar-refractivity contribution in [2.24, 2.45) is 11.8 Å². The molecule has 5 heteroatoms. The van der Waals surface area contributed by atoms with Crippen LogP contribution in [0, 0.1) is 11.8 Å². The van der Waals surface area contributed by atoms with Gasteiger partial charge >= 0.3 is 0 Å². The standard InChI is InChI=1S/C26H23NO4/c1-2-14-7-9-16(30-21-12-8-15-5-3-4-6-18(15)27-21)13-17(14)22-25(28)23-19-10-11-20(31-19)24(23)26(22)29/h3-9,12-13,19-20,23-24,28H,2,10-11H2,1H3/t19-,20+,23-,24+/m0/s1. The summed E-state index contributed by atoms with van der Waals surface area (Å²) >= 11 is 0. The first-order valence-electron chi connectivity index (χ1n) is 10.9. The first-order chi connectivity index (χ1) is 15.1. The molecule has 0 radical (unpaired) electrons. The third kappa shape index (κ3) is 2.80. The molecule has 2 aromatic carbocycles. The lowest BCUT2D eigenvalue weighted by atomic mass is 9.80. The first-order valence-corrected chi connectivity index (χ1v) is 10.9. The van der Waals surface area contributed by atoms with Gasteiger partial charge in [-0.15, -0.1) is 0 Å². The van der Waals surface area contributed by atoms with Crippen molar-refractivity contribution < 1.29 is 19.4 Å². The fraction of sp³-hybridized carbons (Fsp3) is 0.308. The molecule has 3 aliphatic rings. The highest BCUT2D eigenvalue weighted by Crippen LogP contribution is 2.54. The highest BCUT2D eigenvalue weighted by atomic mass is 16.5. The maximum atomic E-state index is 13.3. The van der Waals surface area contributed by atoms with E-state index in [0.717, 1.165) is 41.3 Å². The summed E-state index contributed by atoms with van der Waals surface area (Å²) in [6, 6.07) is 17.4. The second kappa shape index (κ2) is 6.92. The van der Waals surface area contributed by atoms with Crippen LogP contribution in [0.5, 0.6) is 11.6 Å². The molecule has 0 amide bonds. The van der Waals surface area contributed by atoms with Gasteiger partial charge in [0.1, 0.15) is 11.5 Å². The van der Waals surface area contributed by atoms with Gasteiger partial charge < -0.3 is 14.6 Å². The van der Waals surface area contributed by atoms with Crippen LogP contribution < -0.4 is 4.74 Å². The van der Waals surface area contributed by atoms with Gasteiger partial charge in [-0.1, -0.05) is 31.2 Å². The van der Waals surface area contributed by atoms with E-state index in [1.54, 1.807) is 0 Å². The van der Waals surface area contributed by atoms with Crippen LogP contribution in [0.3, 0.4) is 0 Å². The van der Waals surface area contributed by atoms with Crippen molar-refractivity contribution in [3.63, 3.8) is 0 Å². The maximum absolute atomic E-state index is 13.3. The van der Waals surface area contributed by atoms with Gasteiger partial charge in [0.25, 0.3) is 0 Å². The van der Waals surface area contributed by atoms with Crippen LogP contribution >= 0.6 is 0 Å². The third-order valence-electron chi connectivity index (χ3n) is 6.92. The van der Waals surface area contributed by atoms with E-state index in [-0.39, 0.29) is 35.6 Å². The zero-order valence-corrected chi connectivity index (χ0v) is 17.2. The fourth-order valence-corrected chi connectivity index (χ4v) is 5.47. The van der Waals surface area contributed by atoms with Crippen LogP contribution in [0.15, 0.2) is 60.4 Å². The molecular formula is C26H23NO4. The van der Waals surface area contributed by atoms with Crippen LogP contribution in [0.1, 0.15) is 30.9 Å². The van der Waals surface area contributed by atoms with Crippen molar-refractivity contribution in [3.05, 3.63) is 71.5 Å². The smallest absolute Gasteiger partial charge is 0.219 e. The summed E-state index contributed by atoms with van der Waals surface area (Å²) in [7, 11) is 0. The Bertz CT molecular complexity index is 1250. The average Bonchev–Trinajstić information content (AvgIpc) is 3.47. The molecule has 156 valence electrons. The molecule has 0 unspecified atom stereocenters. The number of ether oxygens (including phenoxy) is 2. The average molecular weight is 413 g/mol. The van der Waals surface area contributed by atoms with Crippen molar-refractivity contribution >= 4 is 22.3 Å². The maximum Gasteiger partial charge on any atom is 0.219 e. The summed E-state index contributed by atoms with van der Waals surface area (Å²) < 4.78 is 12.0. The van der Waals surface area contributed by atoms with Gasteiger partial charge in [0, 0.05) is 11.5 Å². The monoisotopic (exact) mass is 413 g/mol. The summed E-state index contributed by atoms with van der Waals surface area (Å²) in [5.41, 5.74) is 3.09. The number of ketones is 1. The molecule has 1 aromatic heterocycles. The minimum Gasteiger partial charge on any atom is -0.511 e. The lowest BCUT2D eigenvalue weighted by molar-refractivity contribution is -0.118. The molecule has 3 aromatic rings. The van der Waals surface area contributed by atoms with Crippen LogP contribution in [0.4, 0.5) is 0 Å². The number of carbonyl (C=O) groups excluding carboxylic acids is 1. The summed E-state index contributed by atoms with van der Waals surface area (Å²) in [4.78, 5) is 17.9. The number of hydrogen-bond donors (Lipinski definition) is 1. The number of fused-ring (bicyclic) bond motifs is 6. The molecule has 2 saturated heterocycles. The Kier molecular flexibility index (Phi) is 4.15. The predicted molar refractivity (Wildman–Crippen MR) is 117 cm³/mol. The number of aromatic nitrogens is 1. The number of aliphatic hydroxyl groups is 1. The number of benzene rings is 2. The summed E-state index contributed by atoms with van der Waals surface area (Å²) in [5, 5.41) is 12.1. The third-order valence-corrected chi connectivity index (χ3v) is 6.92. The number of aryl methyl sites for hydroxylation is 1. The van der Waals surface area contributed by atoms with Gasteiger partial charge in [-0.3, -0.25) is 4.79 Å². The molecule has 0 saturated carbocycles. The van der Waals surface area contributed by atoms with Gasteiger partial charge in [-0.05, 0) is 54.7 Å². The van der Waals surface area contributed by atoms with E-state index in [1.165, 1.54) is 0 Å². The lowest BCUT2D eigenvalue weighted by Crippen LogP contribution is -2.29. The zero-order valence-electron chi connectivity index (χ0n) is 17.2. The molecule has 2 fully saturated rings.